The standard InChI is InChI=1S/C12H22O3/c1-12(2,3)15-11(14)8-9-5-4-6-10(13)7-9/h9-10,13H,4-8H2,1-3H3/t9-,10+/m0/s1. The molecule has 0 bridgehead atoms. The van der Waals surface area contributed by atoms with Crippen molar-refractivity contribution in [2.75, 3.05) is 0 Å². The number of carbonyl (C=O) groups excluding carboxylic acids is 1. The molecule has 3 heteroatoms. The lowest BCUT2D eigenvalue weighted by Gasteiger charge is -2.26. The molecule has 1 saturated carbocycles. The second-order valence-corrected chi connectivity index (χ2v) is 5.48. The van der Waals surface area contributed by atoms with Crippen LogP contribution in [0.3, 0.4) is 0 Å². The Bertz CT molecular complexity index is 217. The lowest BCUT2D eigenvalue weighted by molar-refractivity contribution is -0.156. The van der Waals surface area contributed by atoms with Crippen molar-refractivity contribution in [2.45, 2.75) is 64.6 Å². The number of hydrogen-bond acceptors (Lipinski definition) is 3. The molecule has 0 heterocycles. The van der Waals surface area contributed by atoms with Gasteiger partial charge < -0.3 is 9.84 Å². The Balaban J connectivity index is 2.31. The molecule has 1 N–H and O–H groups in total. The highest BCUT2D eigenvalue weighted by molar-refractivity contribution is 5.70. The SMILES string of the molecule is CC(C)(C)OC(=O)C[C@H]1CCC[C@@H](O)C1. The summed E-state index contributed by atoms with van der Waals surface area (Å²) >= 11 is 0. The van der Waals surface area contributed by atoms with E-state index in [-0.39, 0.29) is 12.1 Å². The fourth-order valence-corrected chi connectivity index (χ4v) is 2.07. The first kappa shape index (κ1) is 12.5. The summed E-state index contributed by atoms with van der Waals surface area (Å²) in [6.45, 7) is 5.63. The first-order chi connectivity index (χ1) is 6.87. The van der Waals surface area contributed by atoms with Crippen LogP contribution in [0.25, 0.3) is 0 Å². The molecule has 1 aliphatic carbocycles. The maximum absolute atomic E-state index is 11.5. The molecule has 0 radical (unpaired) electrons. The van der Waals surface area contributed by atoms with Crippen molar-refractivity contribution in [3.05, 3.63) is 0 Å². The van der Waals surface area contributed by atoms with E-state index >= 15 is 0 Å². The van der Waals surface area contributed by atoms with Crippen LogP contribution in [0, 0.1) is 5.92 Å². The van der Waals surface area contributed by atoms with Gasteiger partial charge in [0.05, 0.1) is 6.10 Å². The fourth-order valence-electron chi connectivity index (χ4n) is 2.07. The van der Waals surface area contributed by atoms with E-state index in [1.165, 1.54) is 0 Å². The Morgan fingerprint density at radius 2 is 2.07 bits per heavy atom. The molecule has 88 valence electrons. The molecule has 15 heavy (non-hydrogen) atoms. The van der Waals surface area contributed by atoms with Crippen molar-refractivity contribution < 1.29 is 14.6 Å². The van der Waals surface area contributed by atoms with Gasteiger partial charge in [-0.1, -0.05) is 6.42 Å². The summed E-state index contributed by atoms with van der Waals surface area (Å²) in [7, 11) is 0. The minimum Gasteiger partial charge on any atom is -0.460 e. The van der Waals surface area contributed by atoms with Gasteiger partial charge >= 0.3 is 5.97 Å². The number of rotatable bonds is 2. The first-order valence-electron chi connectivity index (χ1n) is 5.77. The number of esters is 1. The molecule has 0 unspecified atom stereocenters. The largest absolute Gasteiger partial charge is 0.460 e. The van der Waals surface area contributed by atoms with E-state index in [4.69, 9.17) is 4.74 Å². The normalized spacial score (nSPS) is 27.5. The van der Waals surface area contributed by atoms with E-state index in [9.17, 15) is 9.90 Å². The predicted molar refractivity (Wildman–Crippen MR) is 58.4 cm³/mol. The third-order valence-corrected chi connectivity index (χ3v) is 2.63. The van der Waals surface area contributed by atoms with Gasteiger partial charge in [0.2, 0.25) is 0 Å². The highest BCUT2D eigenvalue weighted by Gasteiger charge is 2.25. The lowest BCUT2D eigenvalue weighted by atomic mass is 9.85. The molecular weight excluding hydrogens is 192 g/mol. The summed E-state index contributed by atoms with van der Waals surface area (Å²) in [5, 5.41) is 9.47. The molecule has 2 atom stereocenters. The highest BCUT2D eigenvalue weighted by Crippen LogP contribution is 2.27. The van der Waals surface area contributed by atoms with Crippen molar-refractivity contribution >= 4 is 5.97 Å². The third kappa shape index (κ3) is 5.17. The van der Waals surface area contributed by atoms with Crippen LogP contribution < -0.4 is 0 Å². The molecule has 0 aromatic heterocycles. The Morgan fingerprint density at radius 1 is 1.40 bits per heavy atom. The minimum atomic E-state index is -0.398. The van der Waals surface area contributed by atoms with Crippen molar-refractivity contribution in [3.63, 3.8) is 0 Å². The topological polar surface area (TPSA) is 46.5 Å². The first-order valence-corrected chi connectivity index (χ1v) is 5.77. The zero-order valence-corrected chi connectivity index (χ0v) is 9.95. The summed E-state index contributed by atoms with van der Waals surface area (Å²) < 4.78 is 5.26. The van der Waals surface area contributed by atoms with Crippen LogP contribution in [0.2, 0.25) is 0 Å². The van der Waals surface area contributed by atoms with Gasteiger partial charge in [-0.15, -0.1) is 0 Å². The lowest BCUT2D eigenvalue weighted by Crippen LogP contribution is -2.27. The van der Waals surface area contributed by atoms with Gasteiger partial charge in [-0.05, 0) is 46.0 Å². The van der Waals surface area contributed by atoms with E-state index in [0.29, 0.717) is 12.3 Å². The van der Waals surface area contributed by atoms with E-state index < -0.39 is 5.60 Å². The molecule has 0 aromatic rings. The van der Waals surface area contributed by atoms with Gasteiger partial charge in [0.15, 0.2) is 0 Å². The Hall–Kier alpha value is -0.570. The summed E-state index contributed by atoms with van der Waals surface area (Å²) in [5.74, 6) is 0.171. The van der Waals surface area contributed by atoms with Gasteiger partial charge in [0, 0.05) is 6.42 Å². The molecule has 1 aliphatic rings. The second kappa shape index (κ2) is 4.97. The van der Waals surface area contributed by atoms with Gasteiger partial charge in [0.1, 0.15) is 5.60 Å². The molecule has 1 rings (SSSR count). The zero-order chi connectivity index (χ0) is 11.5. The van der Waals surface area contributed by atoms with Crippen LogP contribution in [-0.2, 0) is 9.53 Å². The zero-order valence-electron chi connectivity index (χ0n) is 9.95. The number of aliphatic hydroxyl groups is 1. The van der Waals surface area contributed by atoms with Crippen molar-refractivity contribution in [3.8, 4) is 0 Å². The fraction of sp³-hybridized carbons (Fsp3) is 0.917. The van der Waals surface area contributed by atoms with Crippen LogP contribution in [0.15, 0.2) is 0 Å². The molecule has 1 fully saturated rings. The van der Waals surface area contributed by atoms with Crippen LogP contribution in [0.1, 0.15) is 52.9 Å². The summed E-state index contributed by atoms with van der Waals surface area (Å²) in [6.07, 6.45) is 3.93. The monoisotopic (exact) mass is 214 g/mol. The predicted octanol–water partition coefficient (Wildman–Crippen LogP) is 2.27. The summed E-state index contributed by atoms with van der Waals surface area (Å²) in [6, 6.07) is 0. The quantitative estimate of drug-likeness (QED) is 0.717. The Kier molecular flexibility index (Phi) is 4.14. The maximum Gasteiger partial charge on any atom is 0.306 e. The van der Waals surface area contributed by atoms with E-state index in [1.54, 1.807) is 0 Å². The number of ether oxygens (including phenoxy) is 1. The van der Waals surface area contributed by atoms with Gasteiger partial charge in [-0.3, -0.25) is 4.79 Å². The molecule has 0 spiro atoms. The summed E-state index contributed by atoms with van der Waals surface area (Å²) in [4.78, 5) is 11.5. The van der Waals surface area contributed by atoms with E-state index in [0.717, 1.165) is 25.7 Å². The smallest absolute Gasteiger partial charge is 0.306 e. The van der Waals surface area contributed by atoms with Crippen LogP contribution >= 0.6 is 0 Å². The third-order valence-electron chi connectivity index (χ3n) is 2.63. The van der Waals surface area contributed by atoms with Gasteiger partial charge in [-0.2, -0.15) is 0 Å². The molecule has 3 nitrogen and oxygen atoms in total. The van der Waals surface area contributed by atoms with Gasteiger partial charge in [0.25, 0.3) is 0 Å². The highest BCUT2D eigenvalue weighted by atomic mass is 16.6. The van der Waals surface area contributed by atoms with Crippen molar-refractivity contribution in [1.82, 2.24) is 0 Å². The molecular formula is C12H22O3. The average molecular weight is 214 g/mol. The van der Waals surface area contributed by atoms with Crippen LogP contribution in [0.4, 0.5) is 0 Å². The number of carbonyl (C=O) groups is 1. The molecule has 0 aromatic carbocycles. The van der Waals surface area contributed by atoms with E-state index in [2.05, 4.69) is 0 Å². The van der Waals surface area contributed by atoms with Crippen LogP contribution in [0.5, 0.6) is 0 Å². The molecule has 0 aliphatic heterocycles. The van der Waals surface area contributed by atoms with Crippen molar-refractivity contribution in [2.24, 2.45) is 5.92 Å². The Labute approximate surface area is 91.8 Å². The molecule has 0 saturated heterocycles. The van der Waals surface area contributed by atoms with E-state index in [1.807, 2.05) is 20.8 Å². The maximum atomic E-state index is 11.5. The summed E-state index contributed by atoms with van der Waals surface area (Å²) in [5.41, 5.74) is -0.398. The number of aliphatic hydroxyl groups excluding tert-OH is 1. The van der Waals surface area contributed by atoms with Crippen molar-refractivity contribution in [1.29, 1.82) is 0 Å². The minimum absolute atomic E-state index is 0.137. The number of hydrogen-bond donors (Lipinski definition) is 1. The van der Waals surface area contributed by atoms with Gasteiger partial charge in [-0.25, -0.2) is 0 Å². The molecule has 0 amide bonds. The Morgan fingerprint density at radius 3 is 2.60 bits per heavy atom. The second-order valence-electron chi connectivity index (χ2n) is 5.48. The average Bonchev–Trinajstić information content (AvgIpc) is 1.99. The van der Waals surface area contributed by atoms with Crippen LogP contribution in [-0.4, -0.2) is 22.8 Å².